The third-order valence-corrected chi connectivity index (χ3v) is 9.03. The molecule has 6 heteroatoms. The van der Waals surface area contributed by atoms with Crippen LogP contribution >= 0.6 is 0 Å². The van der Waals surface area contributed by atoms with Gasteiger partial charge in [0.25, 0.3) is 0 Å². The van der Waals surface area contributed by atoms with Crippen molar-refractivity contribution >= 4 is 65.5 Å². The van der Waals surface area contributed by atoms with Gasteiger partial charge >= 0.3 is 0 Å². The molecule has 214 valence electrons. The number of hydrogen-bond donors (Lipinski definition) is 0. The number of nitrogens with zero attached hydrogens (tertiary/aromatic N) is 6. The first-order valence-corrected chi connectivity index (χ1v) is 15.3. The van der Waals surface area contributed by atoms with Gasteiger partial charge in [-0.15, -0.1) is 0 Å². The van der Waals surface area contributed by atoms with Crippen LogP contribution in [0.25, 0.3) is 88.3 Å². The Morgan fingerprint density at radius 1 is 0.457 bits per heavy atom. The van der Waals surface area contributed by atoms with Crippen LogP contribution in [-0.4, -0.2) is 29.1 Å². The van der Waals surface area contributed by atoms with Gasteiger partial charge in [-0.2, -0.15) is 0 Å². The molecule has 0 fully saturated rings. The fraction of sp³-hybridized carbons (Fsp3) is 0. The minimum atomic E-state index is 0.837. The van der Waals surface area contributed by atoms with Crippen LogP contribution in [0, 0.1) is 0 Å². The first kappa shape index (κ1) is 25.0. The van der Waals surface area contributed by atoms with E-state index in [2.05, 4.69) is 88.0 Å². The van der Waals surface area contributed by atoms with Gasteiger partial charge in [-0.25, -0.2) is 15.0 Å². The van der Waals surface area contributed by atoms with Crippen molar-refractivity contribution in [1.29, 1.82) is 0 Å². The molecule has 0 N–H and O–H groups in total. The fourth-order valence-corrected chi connectivity index (χ4v) is 6.93. The summed E-state index contributed by atoms with van der Waals surface area (Å²) in [4.78, 5) is 19.2. The summed E-state index contributed by atoms with van der Waals surface area (Å²) in [6.45, 7) is 0. The highest BCUT2D eigenvalue weighted by Crippen LogP contribution is 2.39. The number of benzene rings is 5. The summed E-state index contributed by atoms with van der Waals surface area (Å²) >= 11 is 0. The van der Waals surface area contributed by atoms with Crippen molar-refractivity contribution < 1.29 is 0 Å². The van der Waals surface area contributed by atoms with E-state index in [9.17, 15) is 0 Å². The van der Waals surface area contributed by atoms with Crippen LogP contribution in [0.3, 0.4) is 0 Å². The van der Waals surface area contributed by atoms with Crippen LogP contribution in [0.2, 0.25) is 0 Å². The van der Waals surface area contributed by atoms with Crippen molar-refractivity contribution in [2.75, 3.05) is 0 Å². The van der Waals surface area contributed by atoms with E-state index in [0.717, 1.165) is 66.8 Å². The van der Waals surface area contributed by atoms with Gasteiger partial charge in [0.2, 0.25) is 0 Å². The number of aromatic nitrogens is 6. The average Bonchev–Trinajstić information content (AvgIpc) is 3.62. The lowest BCUT2D eigenvalue weighted by atomic mass is 10.0. The molecule has 5 aromatic heterocycles. The Hall–Kier alpha value is -6.40. The second-order valence-corrected chi connectivity index (χ2v) is 11.6. The lowest BCUT2D eigenvalue weighted by molar-refractivity contribution is 1.05. The van der Waals surface area contributed by atoms with E-state index in [4.69, 9.17) is 19.9 Å². The number of pyridine rings is 2. The molecule has 0 unspecified atom stereocenters. The van der Waals surface area contributed by atoms with E-state index < -0.39 is 0 Å². The first-order valence-electron chi connectivity index (χ1n) is 15.3. The molecule has 0 amide bonds. The predicted molar refractivity (Wildman–Crippen MR) is 187 cm³/mol. The van der Waals surface area contributed by atoms with E-state index in [0.29, 0.717) is 0 Å². The number of rotatable bonds is 3. The molecule has 10 aromatic rings. The van der Waals surface area contributed by atoms with Crippen LogP contribution in [0.15, 0.2) is 146 Å². The summed E-state index contributed by atoms with van der Waals surface area (Å²) in [7, 11) is 0. The van der Waals surface area contributed by atoms with Gasteiger partial charge in [-0.05, 0) is 77.5 Å². The summed E-state index contributed by atoms with van der Waals surface area (Å²) in [5.41, 5.74) is 8.89. The molecular formula is C40H24N6. The minimum absolute atomic E-state index is 0.837. The van der Waals surface area contributed by atoms with Crippen molar-refractivity contribution in [1.82, 2.24) is 29.1 Å². The topological polar surface area (TPSA) is 61.4 Å². The molecule has 0 spiro atoms. The van der Waals surface area contributed by atoms with Crippen molar-refractivity contribution in [2.24, 2.45) is 0 Å². The third-order valence-electron chi connectivity index (χ3n) is 9.03. The summed E-state index contributed by atoms with van der Waals surface area (Å²) in [5, 5.41) is 7.04. The number of hydrogen-bond acceptors (Lipinski definition) is 4. The second kappa shape index (κ2) is 9.55. The third kappa shape index (κ3) is 3.64. The van der Waals surface area contributed by atoms with Crippen LogP contribution in [0.4, 0.5) is 0 Å². The van der Waals surface area contributed by atoms with Crippen LogP contribution in [0.1, 0.15) is 0 Å². The van der Waals surface area contributed by atoms with Crippen LogP contribution in [-0.2, 0) is 0 Å². The van der Waals surface area contributed by atoms with Gasteiger partial charge in [0.15, 0.2) is 0 Å². The summed E-state index contributed by atoms with van der Waals surface area (Å²) in [5.74, 6) is 0.837. The molecule has 0 aliphatic heterocycles. The van der Waals surface area contributed by atoms with Gasteiger partial charge in [-0.3, -0.25) is 9.55 Å². The van der Waals surface area contributed by atoms with Crippen LogP contribution < -0.4 is 0 Å². The Bertz CT molecular complexity index is 2810. The zero-order valence-electron chi connectivity index (χ0n) is 24.5. The molecule has 10 rings (SSSR count). The fourth-order valence-electron chi connectivity index (χ4n) is 6.93. The lowest BCUT2D eigenvalue weighted by Gasteiger charge is -2.11. The Morgan fingerprint density at radius 2 is 1.20 bits per heavy atom. The molecule has 0 aliphatic carbocycles. The maximum Gasteiger partial charge on any atom is 0.146 e. The molecule has 0 aliphatic rings. The minimum Gasteiger partial charge on any atom is -0.309 e. The largest absolute Gasteiger partial charge is 0.309 e. The van der Waals surface area contributed by atoms with E-state index >= 15 is 0 Å². The van der Waals surface area contributed by atoms with E-state index in [-0.39, 0.29) is 0 Å². The quantitative estimate of drug-likeness (QED) is 0.206. The summed E-state index contributed by atoms with van der Waals surface area (Å²) in [6.07, 6.45) is 5.54. The molecule has 0 atom stereocenters. The number of fused-ring (bicyclic) bond motifs is 8. The smallest absolute Gasteiger partial charge is 0.146 e. The van der Waals surface area contributed by atoms with Crippen molar-refractivity contribution in [2.45, 2.75) is 0 Å². The van der Waals surface area contributed by atoms with Crippen molar-refractivity contribution in [3.63, 3.8) is 0 Å². The Balaban J connectivity index is 1.29. The normalized spacial score (nSPS) is 11.9. The molecule has 46 heavy (non-hydrogen) atoms. The molecule has 0 saturated heterocycles. The number of para-hydroxylation sites is 2. The van der Waals surface area contributed by atoms with Gasteiger partial charge in [0.05, 0.1) is 39.5 Å². The molecular weight excluding hydrogens is 564 g/mol. The molecule has 5 heterocycles. The monoisotopic (exact) mass is 588 g/mol. The zero-order chi connectivity index (χ0) is 30.2. The van der Waals surface area contributed by atoms with Gasteiger partial charge < -0.3 is 4.57 Å². The van der Waals surface area contributed by atoms with Crippen LogP contribution in [0.5, 0.6) is 0 Å². The predicted octanol–water partition coefficient (Wildman–Crippen LogP) is 9.43. The molecule has 0 saturated carbocycles. The molecule has 0 radical (unpaired) electrons. The highest BCUT2D eigenvalue weighted by atomic mass is 15.1. The van der Waals surface area contributed by atoms with E-state index in [1.807, 2.05) is 67.1 Å². The zero-order valence-corrected chi connectivity index (χ0v) is 24.5. The molecule has 0 bridgehead atoms. The SMILES string of the molecule is c1ccc(-n2c3cc(-n4c5cc(-c6cnc7ccccc7n6)ccc5c5cc6ccccc6cc54)ccc3c3cccnc32)nc1. The summed E-state index contributed by atoms with van der Waals surface area (Å²) in [6, 6.07) is 44.6. The maximum absolute atomic E-state index is 4.97. The van der Waals surface area contributed by atoms with Gasteiger partial charge in [0.1, 0.15) is 11.5 Å². The highest BCUT2D eigenvalue weighted by Gasteiger charge is 2.19. The van der Waals surface area contributed by atoms with Gasteiger partial charge in [0, 0.05) is 45.2 Å². The summed E-state index contributed by atoms with van der Waals surface area (Å²) < 4.78 is 4.54. The molecule has 5 aromatic carbocycles. The van der Waals surface area contributed by atoms with Crippen molar-refractivity contribution in [3.05, 3.63) is 146 Å². The van der Waals surface area contributed by atoms with E-state index in [1.165, 1.54) is 21.5 Å². The Labute approximate surface area is 262 Å². The first-order chi connectivity index (χ1) is 22.8. The highest BCUT2D eigenvalue weighted by molar-refractivity contribution is 6.15. The Morgan fingerprint density at radius 3 is 2.09 bits per heavy atom. The lowest BCUT2D eigenvalue weighted by Crippen LogP contribution is -1.99. The average molecular weight is 589 g/mol. The maximum atomic E-state index is 4.97. The van der Waals surface area contributed by atoms with Crippen molar-refractivity contribution in [3.8, 4) is 22.8 Å². The van der Waals surface area contributed by atoms with E-state index in [1.54, 1.807) is 0 Å². The second-order valence-electron chi connectivity index (χ2n) is 11.6. The molecule has 6 nitrogen and oxygen atoms in total. The van der Waals surface area contributed by atoms with Gasteiger partial charge in [-0.1, -0.05) is 60.7 Å². The standard InChI is InChI=1S/C40H24N6/c1-2-9-26-21-37-32(20-25(26)8-1)30-16-14-27(35-24-43-33-11-3-4-12-34(33)44-35)22-36(30)45(37)28-15-17-29-31-10-7-19-42-40(31)46(38(29)23-28)39-13-5-6-18-41-39/h1-24H. The Kier molecular flexibility index (Phi) is 5.19.